The molecule has 0 radical (unpaired) electrons. The van der Waals surface area contributed by atoms with Gasteiger partial charge in [-0.05, 0) is 56.4 Å². The highest BCUT2D eigenvalue weighted by Gasteiger charge is 2.18. The lowest BCUT2D eigenvalue weighted by Crippen LogP contribution is -2.41. The Labute approximate surface area is 195 Å². The summed E-state index contributed by atoms with van der Waals surface area (Å²) in [6.07, 6.45) is 6.57. The van der Waals surface area contributed by atoms with E-state index in [0.29, 0.717) is 37.5 Å². The summed E-state index contributed by atoms with van der Waals surface area (Å²) in [5.41, 5.74) is 2.30. The SMILES string of the molecule is CN=C(NCCNC(=O)c1ccco1)NCc1ccc(C)cc1OC1CCCC1.I. The summed E-state index contributed by atoms with van der Waals surface area (Å²) >= 11 is 0. The van der Waals surface area contributed by atoms with Crippen molar-refractivity contribution in [3.05, 3.63) is 53.5 Å². The zero-order valence-corrected chi connectivity index (χ0v) is 19.9. The number of hydrogen-bond acceptors (Lipinski definition) is 4. The Balaban J connectivity index is 0.00000320. The number of halogens is 1. The molecule has 0 atom stereocenters. The van der Waals surface area contributed by atoms with E-state index in [-0.39, 0.29) is 29.9 Å². The van der Waals surface area contributed by atoms with Crippen LogP contribution in [0.15, 0.2) is 46.0 Å². The van der Waals surface area contributed by atoms with Crippen LogP contribution >= 0.6 is 24.0 Å². The second-order valence-corrected chi connectivity index (χ2v) is 7.22. The average Bonchev–Trinajstić information content (AvgIpc) is 3.42. The van der Waals surface area contributed by atoms with Gasteiger partial charge in [0.15, 0.2) is 11.7 Å². The summed E-state index contributed by atoms with van der Waals surface area (Å²) < 4.78 is 11.3. The van der Waals surface area contributed by atoms with Gasteiger partial charge < -0.3 is 25.1 Å². The van der Waals surface area contributed by atoms with Gasteiger partial charge in [0.2, 0.25) is 0 Å². The minimum atomic E-state index is -0.229. The van der Waals surface area contributed by atoms with Gasteiger partial charge in [-0.3, -0.25) is 9.79 Å². The van der Waals surface area contributed by atoms with Gasteiger partial charge in [-0.25, -0.2) is 0 Å². The van der Waals surface area contributed by atoms with E-state index in [1.54, 1.807) is 19.2 Å². The Morgan fingerprint density at radius 1 is 1.17 bits per heavy atom. The minimum Gasteiger partial charge on any atom is -0.490 e. The van der Waals surface area contributed by atoms with Crippen LogP contribution < -0.4 is 20.7 Å². The van der Waals surface area contributed by atoms with Crippen molar-refractivity contribution < 1.29 is 13.9 Å². The number of furan rings is 1. The Morgan fingerprint density at radius 3 is 2.63 bits per heavy atom. The third-order valence-corrected chi connectivity index (χ3v) is 4.94. The maximum atomic E-state index is 11.8. The second-order valence-electron chi connectivity index (χ2n) is 7.22. The minimum absolute atomic E-state index is 0. The fourth-order valence-corrected chi connectivity index (χ4v) is 3.35. The van der Waals surface area contributed by atoms with Crippen LogP contribution in [0.4, 0.5) is 0 Å². The molecule has 0 aliphatic heterocycles. The molecule has 3 rings (SSSR count). The van der Waals surface area contributed by atoms with Gasteiger partial charge in [0.1, 0.15) is 5.75 Å². The summed E-state index contributed by atoms with van der Waals surface area (Å²) in [6.45, 7) is 3.70. The zero-order chi connectivity index (χ0) is 20.5. The molecule has 1 aliphatic carbocycles. The molecule has 164 valence electrons. The maximum Gasteiger partial charge on any atom is 0.287 e. The van der Waals surface area contributed by atoms with Crippen molar-refractivity contribution in [2.75, 3.05) is 20.1 Å². The van der Waals surface area contributed by atoms with E-state index in [1.165, 1.54) is 24.7 Å². The number of aliphatic imine (C=N–C) groups is 1. The van der Waals surface area contributed by atoms with E-state index in [4.69, 9.17) is 9.15 Å². The van der Waals surface area contributed by atoms with Gasteiger partial charge >= 0.3 is 0 Å². The molecule has 8 heteroatoms. The number of carbonyl (C=O) groups excluding carboxylic acids is 1. The lowest BCUT2D eigenvalue weighted by atomic mass is 10.1. The highest BCUT2D eigenvalue weighted by molar-refractivity contribution is 14.0. The molecule has 0 unspecified atom stereocenters. The molecule has 0 spiro atoms. The third-order valence-electron chi connectivity index (χ3n) is 4.94. The van der Waals surface area contributed by atoms with Crippen LogP contribution in [0.25, 0.3) is 0 Å². The van der Waals surface area contributed by atoms with E-state index in [0.717, 1.165) is 24.2 Å². The first kappa shape index (κ1) is 24.0. The molecule has 1 aromatic heterocycles. The van der Waals surface area contributed by atoms with Gasteiger partial charge in [0.25, 0.3) is 5.91 Å². The van der Waals surface area contributed by atoms with Crippen molar-refractivity contribution in [3.63, 3.8) is 0 Å². The quantitative estimate of drug-likeness (QED) is 0.212. The summed E-state index contributed by atoms with van der Waals surface area (Å²) in [5.74, 6) is 1.70. The Kier molecular flexibility index (Phi) is 9.99. The fourth-order valence-electron chi connectivity index (χ4n) is 3.35. The van der Waals surface area contributed by atoms with Gasteiger partial charge in [0, 0.05) is 32.2 Å². The molecular formula is C22H31IN4O3. The molecule has 1 aliphatic rings. The Hall–Kier alpha value is -2.23. The smallest absolute Gasteiger partial charge is 0.287 e. The van der Waals surface area contributed by atoms with Crippen LogP contribution in [0.2, 0.25) is 0 Å². The van der Waals surface area contributed by atoms with Crippen molar-refractivity contribution in [1.29, 1.82) is 0 Å². The van der Waals surface area contributed by atoms with Gasteiger partial charge in [-0.15, -0.1) is 24.0 Å². The van der Waals surface area contributed by atoms with Gasteiger partial charge in [-0.1, -0.05) is 12.1 Å². The van der Waals surface area contributed by atoms with E-state index in [2.05, 4.69) is 46.1 Å². The third kappa shape index (κ3) is 7.23. The first-order valence-electron chi connectivity index (χ1n) is 10.2. The number of ether oxygens (including phenoxy) is 1. The van der Waals surface area contributed by atoms with Gasteiger partial charge in [0.05, 0.1) is 12.4 Å². The molecule has 7 nitrogen and oxygen atoms in total. The number of benzene rings is 1. The predicted octanol–water partition coefficient (Wildman–Crippen LogP) is 3.62. The number of rotatable bonds is 8. The summed E-state index contributed by atoms with van der Waals surface area (Å²) in [7, 11) is 1.72. The Bertz CT molecular complexity index is 818. The largest absolute Gasteiger partial charge is 0.490 e. The molecule has 1 amide bonds. The van der Waals surface area contributed by atoms with Crippen LogP contribution in [0.5, 0.6) is 5.75 Å². The number of nitrogens with zero attached hydrogens (tertiary/aromatic N) is 1. The first-order valence-corrected chi connectivity index (χ1v) is 10.2. The van der Waals surface area contributed by atoms with E-state index >= 15 is 0 Å². The molecule has 1 saturated carbocycles. The van der Waals surface area contributed by atoms with Crippen LogP contribution in [-0.2, 0) is 6.54 Å². The monoisotopic (exact) mass is 526 g/mol. The number of guanidine groups is 1. The zero-order valence-electron chi connectivity index (χ0n) is 17.6. The van der Waals surface area contributed by atoms with Crippen molar-refractivity contribution in [3.8, 4) is 5.75 Å². The van der Waals surface area contributed by atoms with E-state index in [1.807, 2.05) is 0 Å². The number of aryl methyl sites for hydroxylation is 1. The summed E-state index contributed by atoms with van der Waals surface area (Å²) in [5, 5.41) is 9.31. The standard InChI is InChI=1S/C22H30N4O3.HI/c1-16-9-10-17(20(14-16)29-18-6-3-4-7-18)15-26-22(23-2)25-12-11-24-21(27)19-8-5-13-28-19;/h5,8-10,13-14,18H,3-4,6-7,11-12,15H2,1-2H3,(H,24,27)(H2,23,25,26);1H. The molecule has 1 aromatic carbocycles. The number of nitrogens with one attached hydrogen (secondary N) is 3. The average molecular weight is 526 g/mol. The summed E-state index contributed by atoms with van der Waals surface area (Å²) in [4.78, 5) is 16.1. The highest BCUT2D eigenvalue weighted by Crippen LogP contribution is 2.27. The number of carbonyl (C=O) groups is 1. The lowest BCUT2D eigenvalue weighted by Gasteiger charge is -2.18. The molecule has 30 heavy (non-hydrogen) atoms. The lowest BCUT2D eigenvalue weighted by molar-refractivity contribution is 0.0926. The van der Waals surface area contributed by atoms with Crippen LogP contribution in [0.1, 0.15) is 47.4 Å². The van der Waals surface area contributed by atoms with Crippen LogP contribution in [-0.4, -0.2) is 38.1 Å². The van der Waals surface area contributed by atoms with Crippen LogP contribution in [0.3, 0.4) is 0 Å². The predicted molar refractivity (Wildman–Crippen MR) is 129 cm³/mol. The van der Waals surface area contributed by atoms with Crippen molar-refractivity contribution in [2.24, 2.45) is 4.99 Å². The van der Waals surface area contributed by atoms with Crippen molar-refractivity contribution in [2.45, 2.75) is 45.3 Å². The van der Waals surface area contributed by atoms with Crippen molar-refractivity contribution in [1.82, 2.24) is 16.0 Å². The fraction of sp³-hybridized carbons (Fsp3) is 0.455. The normalized spacial score (nSPS) is 14.1. The molecule has 0 saturated heterocycles. The topological polar surface area (TPSA) is 87.9 Å². The number of hydrogen-bond donors (Lipinski definition) is 3. The van der Waals surface area contributed by atoms with Gasteiger partial charge in [-0.2, -0.15) is 0 Å². The summed E-state index contributed by atoms with van der Waals surface area (Å²) in [6, 6.07) is 9.63. The molecule has 3 N–H and O–H groups in total. The van der Waals surface area contributed by atoms with E-state index < -0.39 is 0 Å². The van der Waals surface area contributed by atoms with Crippen molar-refractivity contribution >= 4 is 35.8 Å². The molecule has 1 heterocycles. The molecule has 0 bridgehead atoms. The Morgan fingerprint density at radius 2 is 1.93 bits per heavy atom. The highest BCUT2D eigenvalue weighted by atomic mass is 127. The maximum absolute atomic E-state index is 11.8. The second kappa shape index (κ2) is 12.5. The first-order chi connectivity index (χ1) is 14.2. The molecular weight excluding hydrogens is 495 g/mol. The van der Waals surface area contributed by atoms with Crippen LogP contribution in [0, 0.1) is 6.92 Å². The number of amides is 1. The molecule has 1 fully saturated rings. The van der Waals surface area contributed by atoms with E-state index in [9.17, 15) is 4.79 Å². The molecule has 2 aromatic rings.